The monoisotopic (exact) mass is 436 g/mol. The highest BCUT2D eigenvalue weighted by atomic mass is 32.1. The minimum absolute atomic E-state index is 0.0262. The lowest BCUT2D eigenvalue weighted by molar-refractivity contribution is -0.132. The summed E-state index contributed by atoms with van der Waals surface area (Å²) in [6.07, 6.45) is 1.79. The number of thiophene rings is 1. The Labute approximate surface area is 186 Å². The molecule has 0 saturated heterocycles. The highest BCUT2D eigenvalue weighted by molar-refractivity contribution is 7.13. The topological polar surface area (TPSA) is 68.8 Å². The van der Waals surface area contributed by atoms with Gasteiger partial charge < -0.3 is 4.90 Å². The van der Waals surface area contributed by atoms with Gasteiger partial charge >= 0.3 is 0 Å². The van der Waals surface area contributed by atoms with Crippen LogP contribution in [0.2, 0.25) is 0 Å². The number of rotatable bonds is 7. The van der Waals surface area contributed by atoms with Crippen molar-refractivity contribution < 1.29 is 4.79 Å². The minimum atomic E-state index is 0.0262. The van der Waals surface area contributed by atoms with Crippen LogP contribution in [0.3, 0.4) is 0 Å². The molecule has 4 rings (SSSR count). The molecule has 1 amide bonds. The van der Waals surface area contributed by atoms with Crippen LogP contribution in [0, 0.1) is 20.8 Å². The number of likely N-dealkylation sites (N-methyl/N-ethyl adjacent to an activating group) is 1. The zero-order chi connectivity index (χ0) is 22.1. The molecule has 4 aromatic heterocycles. The summed E-state index contributed by atoms with van der Waals surface area (Å²) >= 11 is 1.69. The van der Waals surface area contributed by atoms with Crippen molar-refractivity contribution in [2.24, 2.45) is 0 Å². The number of aromatic nitrogens is 5. The van der Waals surface area contributed by atoms with E-state index in [4.69, 9.17) is 0 Å². The van der Waals surface area contributed by atoms with Crippen LogP contribution in [0.25, 0.3) is 21.5 Å². The molecule has 0 aliphatic heterocycles. The first-order valence-electron chi connectivity index (χ1n) is 10.6. The molecular formula is C23H28N6OS. The molecule has 0 unspecified atom stereocenters. The predicted octanol–water partition coefficient (Wildman–Crippen LogP) is 4.35. The van der Waals surface area contributed by atoms with Gasteiger partial charge in [-0.2, -0.15) is 10.2 Å². The summed E-state index contributed by atoms with van der Waals surface area (Å²) < 4.78 is 3.73. The lowest BCUT2D eigenvalue weighted by Crippen LogP contribution is -2.34. The van der Waals surface area contributed by atoms with Crippen molar-refractivity contribution in [1.82, 2.24) is 29.4 Å². The number of pyridine rings is 1. The van der Waals surface area contributed by atoms with Crippen molar-refractivity contribution in [3.63, 3.8) is 0 Å². The molecule has 0 spiro atoms. The highest BCUT2D eigenvalue weighted by Crippen LogP contribution is 2.32. The quantitative estimate of drug-likeness (QED) is 0.432. The van der Waals surface area contributed by atoms with Crippen LogP contribution in [0.5, 0.6) is 0 Å². The van der Waals surface area contributed by atoms with E-state index < -0.39 is 0 Å². The van der Waals surface area contributed by atoms with E-state index in [1.807, 2.05) is 42.5 Å². The van der Waals surface area contributed by atoms with Crippen LogP contribution >= 0.6 is 11.3 Å². The molecule has 0 atom stereocenters. The average molecular weight is 437 g/mol. The Hall–Kier alpha value is -3.00. The number of carbonyl (C=O) groups is 1. The van der Waals surface area contributed by atoms with Gasteiger partial charge in [-0.3, -0.25) is 9.48 Å². The third-order valence-electron chi connectivity index (χ3n) is 5.79. The van der Waals surface area contributed by atoms with Crippen LogP contribution < -0.4 is 0 Å². The summed E-state index contributed by atoms with van der Waals surface area (Å²) in [7, 11) is 0. The van der Waals surface area contributed by atoms with E-state index in [0.717, 1.165) is 45.8 Å². The van der Waals surface area contributed by atoms with E-state index in [-0.39, 0.29) is 12.5 Å². The Balaban J connectivity index is 1.62. The molecular weight excluding hydrogens is 408 g/mol. The number of amides is 1. The maximum Gasteiger partial charge on any atom is 0.244 e. The van der Waals surface area contributed by atoms with Gasteiger partial charge in [-0.25, -0.2) is 9.67 Å². The molecule has 0 saturated carbocycles. The van der Waals surface area contributed by atoms with E-state index in [1.165, 1.54) is 4.88 Å². The molecule has 4 heterocycles. The molecule has 0 aliphatic rings. The molecule has 0 aromatic carbocycles. The first kappa shape index (κ1) is 21.2. The van der Waals surface area contributed by atoms with Gasteiger partial charge in [0.1, 0.15) is 6.54 Å². The lowest BCUT2D eigenvalue weighted by Gasteiger charge is -2.21. The Morgan fingerprint density at radius 2 is 1.87 bits per heavy atom. The molecule has 0 bridgehead atoms. The van der Waals surface area contributed by atoms with Crippen LogP contribution in [0.1, 0.15) is 36.5 Å². The summed E-state index contributed by atoms with van der Waals surface area (Å²) in [6.45, 7) is 12.3. The van der Waals surface area contributed by atoms with E-state index in [2.05, 4.69) is 40.5 Å². The largest absolute Gasteiger partial charge is 0.337 e. The molecule has 0 aliphatic carbocycles. The van der Waals surface area contributed by atoms with Gasteiger partial charge in [0.15, 0.2) is 5.65 Å². The van der Waals surface area contributed by atoms with E-state index in [0.29, 0.717) is 13.1 Å². The van der Waals surface area contributed by atoms with Crippen LogP contribution in [0.4, 0.5) is 0 Å². The second kappa shape index (κ2) is 8.63. The number of hydrogen-bond donors (Lipinski definition) is 0. The number of hydrogen-bond acceptors (Lipinski definition) is 5. The van der Waals surface area contributed by atoms with Gasteiger partial charge in [0.05, 0.1) is 16.8 Å². The fourth-order valence-electron chi connectivity index (χ4n) is 4.09. The number of fused-ring (bicyclic) bond motifs is 1. The van der Waals surface area contributed by atoms with E-state index in [1.54, 1.807) is 22.2 Å². The number of nitrogens with zero attached hydrogens (tertiary/aromatic N) is 6. The number of carbonyl (C=O) groups excluding carboxylic acids is 1. The Morgan fingerprint density at radius 1 is 1.10 bits per heavy atom. The fraction of sp³-hybridized carbons (Fsp3) is 0.391. The molecule has 162 valence electrons. The van der Waals surface area contributed by atoms with Gasteiger partial charge in [-0.1, -0.05) is 6.07 Å². The minimum Gasteiger partial charge on any atom is -0.337 e. The lowest BCUT2D eigenvalue weighted by atomic mass is 10.1. The van der Waals surface area contributed by atoms with Crippen LogP contribution in [0.15, 0.2) is 29.8 Å². The SMILES string of the molecule is CCN(Cc1c(C)nn(CC)c1C)C(=O)Cn1nc(C)c2c(-c3cccs3)ccnc21. The predicted molar refractivity (Wildman–Crippen MR) is 124 cm³/mol. The van der Waals surface area contributed by atoms with Gasteiger partial charge in [-0.15, -0.1) is 11.3 Å². The van der Waals surface area contributed by atoms with Crippen molar-refractivity contribution >= 4 is 28.3 Å². The average Bonchev–Trinajstić information content (AvgIpc) is 3.46. The third kappa shape index (κ3) is 3.87. The summed E-state index contributed by atoms with van der Waals surface area (Å²) in [6, 6.07) is 6.16. The molecule has 31 heavy (non-hydrogen) atoms. The summed E-state index contributed by atoms with van der Waals surface area (Å²) in [5.41, 5.74) is 5.97. The van der Waals surface area contributed by atoms with E-state index in [9.17, 15) is 4.79 Å². The first-order valence-corrected chi connectivity index (χ1v) is 11.5. The smallest absolute Gasteiger partial charge is 0.244 e. The van der Waals surface area contributed by atoms with Gasteiger partial charge in [0.25, 0.3) is 0 Å². The van der Waals surface area contributed by atoms with Gasteiger partial charge in [0, 0.05) is 47.5 Å². The van der Waals surface area contributed by atoms with Gasteiger partial charge in [0.2, 0.25) is 5.91 Å². The van der Waals surface area contributed by atoms with Crippen molar-refractivity contribution in [2.45, 2.75) is 54.3 Å². The summed E-state index contributed by atoms with van der Waals surface area (Å²) in [5.74, 6) is 0.0262. The zero-order valence-corrected chi connectivity index (χ0v) is 19.5. The Morgan fingerprint density at radius 3 is 2.52 bits per heavy atom. The molecule has 8 heteroatoms. The zero-order valence-electron chi connectivity index (χ0n) is 18.7. The molecule has 7 nitrogen and oxygen atoms in total. The fourth-order valence-corrected chi connectivity index (χ4v) is 4.85. The van der Waals surface area contributed by atoms with Crippen molar-refractivity contribution in [1.29, 1.82) is 0 Å². The number of aryl methyl sites for hydroxylation is 3. The van der Waals surface area contributed by atoms with Crippen LogP contribution in [-0.4, -0.2) is 41.9 Å². The van der Waals surface area contributed by atoms with Gasteiger partial charge in [-0.05, 0) is 52.1 Å². The molecule has 0 radical (unpaired) electrons. The second-order valence-corrected chi connectivity index (χ2v) is 8.60. The standard InChI is InChI=1S/C23H28N6OS/c1-6-27(13-19-15(3)25-28(7-2)17(19)5)21(30)14-29-23-22(16(4)26-29)18(10-11-24-23)20-9-8-12-31-20/h8-12H,6-7,13-14H2,1-5H3. The van der Waals surface area contributed by atoms with Crippen molar-refractivity contribution in [3.05, 3.63) is 52.4 Å². The Kier molecular flexibility index (Phi) is 5.91. The highest BCUT2D eigenvalue weighted by Gasteiger charge is 2.21. The van der Waals surface area contributed by atoms with Crippen molar-refractivity contribution in [3.8, 4) is 10.4 Å². The van der Waals surface area contributed by atoms with E-state index >= 15 is 0 Å². The summed E-state index contributed by atoms with van der Waals surface area (Å²) in [5, 5.41) is 12.3. The maximum absolute atomic E-state index is 13.2. The second-order valence-electron chi connectivity index (χ2n) is 7.65. The Bertz CT molecular complexity index is 1220. The molecule has 4 aromatic rings. The maximum atomic E-state index is 13.2. The molecule has 0 fully saturated rings. The molecule has 0 N–H and O–H groups in total. The normalized spacial score (nSPS) is 11.4. The van der Waals surface area contributed by atoms with Crippen molar-refractivity contribution in [2.75, 3.05) is 6.54 Å². The van der Waals surface area contributed by atoms with Crippen LogP contribution in [-0.2, 0) is 24.4 Å². The first-order chi connectivity index (χ1) is 14.9. The third-order valence-corrected chi connectivity index (χ3v) is 6.70. The summed E-state index contributed by atoms with van der Waals surface area (Å²) in [4.78, 5) is 20.8.